The first-order chi connectivity index (χ1) is 10.0. The molecule has 0 saturated heterocycles. The van der Waals surface area contributed by atoms with Crippen molar-refractivity contribution in [3.63, 3.8) is 0 Å². The Hall–Kier alpha value is -2.54. The number of benzene rings is 1. The van der Waals surface area contributed by atoms with E-state index in [0.717, 1.165) is 4.90 Å². The Bertz CT molecular complexity index is 671. The van der Waals surface area contributed by atoms with Gasteiger partial charge in [-0.15, -0.1) is 11.8 Å². The molecule has 108 valence electrons. The van der Waals surface area contributed by atoms with Crippen molar-refractivity contribution in [2.75, 3.05) is 11.6 Å². The number of thioether (sulfide) groups is 1. The summed E-state index contributed by atoms with van der Waals surface area (Å²) in [7, 11) is 0. The van der Waals surface area contributed by atoms with Crippen molar-refractivity contribution in [2.24, 2.45) is 0 Å². The maximum atomic E-state index is 11.3. The first kappa shape index (κ1) is 14.9. The lowest BCUT2D eigenvalue weighted by Gasteiger charge is -2.14. The summed E-state index contributed by atoms with van der Waals surface area (Å²) in [5.74, 6) is -2.51. The molecule has 1 aromatic heterocycles. The number of rotatable bonds is 5. The maximum Gasteiger partial charge on any atom is 0.356 e. The quantitative estimate of drug-likeness (QED) is 0.730. The molecule has 0 saturated carbocycles. The lowest BCUT2D eigenvalue weighted by Crippen LogP contribution is -2.11. The normalized spacial score (nSPS) is 10.1. The minimum Gasteiger partial charge on any atom is -0.478 e. The monoisotopic (exact) mass is 304 g/mol. The van der Waals surface area contributed by atoms with Gasteiger partial charge in [-0.05, 0) is 24.5 Å². The zero-order valence-corrected chi connectivity index (χ0v) is 11.8. The van der Waals surface area contributed by atoms with Gasteiger partial charge in [0.05, 0.1) is 16.9 Å². The lowest BCUT2D eigenvalue weighted by molar-refractivity contribution is 0.0691. The second kappa shape index (κ2) is 6.27. The number of aromatic carboxylic acids is 2. The molecular formula is C14H12N2O4S. The summed E-state index contributed by atoms with van der Waals surface area (Å²) in [6.07, 6.45) is 3.04. The van der Waals surface area contributed by atoms with E-state index in [1.807, 2.05) is 18.4 Å². The molecule has 0 bridgehead atoms. The SMILES string of the molecule is CSc1ccccc1Nc1c(C(=O)O)ccnc1C(=O)O. The number of nitrogens with one attached hydrogen (secondary N) is 1. The number of hydrogen-bond acceptors (Lipinski definition) is 5. The molecule has 2 rings (SSSR count). The molecule has 0 aliphatic heterocycles. The Labute approximate surface area is 124 Å². The van der Waals surface area contributed by atoms with E-state index in [4.69, 9.17) is 0 Å². The van der Waals surface area contributed by atoms with Crippen LogP contribution in [-0.2, 0) is 0 Å². The number of carboxylic acids is 2. The van der Waals surface area contributed by atoms with Crippen molar-refractivity contribution in [1.29, 1.82) is 0 Å². The van der Waals surface area contributed by atoms with Crippen LogP contribution in [-0.4, -0.2) is 33.4 Å². The highest BCUT2D eigenvalue weighted by molar-refractivity contribution is 7.98. The lowest BCUT2D eigenvalue weighted by atomic mass is 10.1. The zero-order chi connectivity index (χ0) is 15.4. The third-order valence-corrected chi connectivity index (χ3v) is 3.55. The van der Waals surface area contributed by atoms with E-state index in [1.165, 1.54) is 24.0 Å². The van der Waals surface area contributed by atoms with Gasteiger partial charge in [0.2, 0.25) is 0 Å². The van der Waals surface area contributed by atoms with E-state index in [1.54, 1.807) is 12.1 Å². The smallest absolute Gasteiger partial charge is 0.356 e. The minimum absolute atomic E-state index is 0.0287. The van der Waals surface area contributed by atoms with Crippen molar-refractivity contribution in [3.05, 3.63) is 47.8 Å². The van der Waals surface area contributed by atoms with Crippen molar-refractivity contribution in [1.82, 2.24) is 4.98 Å². The molecule has 1 aromatic carbocycles. The number of nitrogens with zero attached hydrogens (tertiary/aromatic N) is 1. The molecule has 2 aromatic rings. The van der Waals surface area contributed by atoms with Gasteiger partial charge in [0, 0.05) is 11.1 Å². The molecule has 0 fully saturated rings. The number of hydrogen-bond donors (Lipinski definition) is 3. The molecule has 0 amide bonds. The van der Waals surface area contributed by atoms with Crippen LogP contribution in [0.15, 0.2) is 41.4 Å². The van der Waals surface area contributed by atoms with Crippen LogP contribution in [0.2, 0.25) is 0 Å². The van der Waals surface area contributed by atoms with Crippen LogP contribution in [0.3, 0.4) is 0 Å². The van der Waals surface area contributed by atoms with Gasteiger partial charge in [-0.1, -0.05) is 12.1 Å². The Balaban J connectivity index is 2.56. The molecule has 7 heteroatoms. The zero-order valence-electron chi connectivity index (χ0n) is 11.0. The summed E-state index contributed by atoms with van der Waals surface area (Å²) in [4.78, 5) is 27.1. The maximum absolute atomic E-state index is 11.3. The highest BCUT2D eigenvalue weighted by atomic mass is 32.2. The average Bonchev–Trinajstić information content (AvgIpc) is 2.47. The summed E-state index contributed by atoms with van der Waals surface area (Å²) in [6.45, 7) is 0. The van der Waals surface area contributed by atoms with Crippen LogP contribution < -0.4 is 5.32 Å². The third kappa shape index (κ3) is 3.14. The standard InChI is InChI=1S/C14H12N2O4S/c1-21-10-5-3-2-4-9(10)16-11-8(13(17)18)6-7-15-12(11)14(19)20/h2-7,16H,1H3,(H,17,18)(H,19,20). The molecular weight excluding hydrogens is 292 g/mol. The molecule has 3 N–H and O–H groups in total. The van der Waals surface area contributed by atoms with Crippen LogP contribution in [0.25, 0.3) is 0 Å². The molecule has 0 aliphatic carbocycles. The fourth-order valence-electron chi connectivity index (χ4n) is 1.81. The fraction of sp³-hybridized carbons (Fsp3) is 0.0714. The van der Waals surface area contributed by atoms with Gasteiger partial charge < -0.3 is 15.5 Å². The van der Waals surface area contributed by atoms with Crippen molar-refractivity contribution in [2.45, 2.75) is 4.90 Å². The van der Waals surface area contributed by atoms with Gasteiger partial charge >= 0.3 is 11.9 Å². The predicted octanol–water partition coefficient (Wildman–Crippen LogP) is 2.94. The molecule has 1 heterocycles. The van der Waals surface area contributed by atoms with Crippen molar-refractivity contribution < 1.29 is 19.8 Å². The van der Waals surface area contributed by atoms with Gasteiger partial charge in [0.1, 0.15) is 0 Å². The second-order valence-corrected chi connectivity index (χ2v) is 4.87. The Morgan fingerprint density at radius 1 is 1.14 bits per heavy atom. The van der Waals surface area contributed by atoms with E-state index in [0.29, 0.717) is 5.69 Å². The molecule has 0 unspecified atom stereocenters. The summed E-state index contributed by atoms with van der Waals surface area (Å²) in [5, 5.41) is 21.3. The third-order valence-electron chi connectivity index (χ3n) is 2.75. The van der Waals surface area contributed by atoms with E-state index >= 15 is 0 Å². The molecule has 6 nitrogen and oxygen atoms in total. The number of carboxylic acid groups (broad SMARTS) is 2. The Kier molecular flexibility index (Phi) is 4.44. The number of carbonyl (C=O) groups is 2. The van der Waals surface area contributed by atoms with Gasteiger partial charge in [-0.2, -0.15) is 0 Å². The number of anilines is 2. The second-order valence-electron chi connectivity index (χ2n) is 4.02. The largest absolute Gasteiger partial charge is 0.478 e. The summed E-state index contributed by atoms with van der Waals surface area (Å²) in [5.41, 5.74) is 0.131. The molecule has 0 radical (unpaired) electrons. The first-order valence-electron chi connectivity index (χ1n) is 5.90. The van der Waals surface area contributed by atoms with Gasteiger partial charge in [0.15, 0.2) is 5.69 Å². The van der Waals surface area contributed by atoms with E-state index in [9.17, 15) is 19.8 Å². The molecule has 0 spiro atoms. The molecule has 21 heavy (non-hydrogen) atoms. The summed E-state index contributed by atoms with van der Waals surface area (Å²) < 4.78 is 0. The van der Waals surface area contributed by atoms with Crippen LogP contribution in [0.4, 0.5) is 11.4 Å². The van der Waals surface area contributed by atoms with Crippen LogP contribution in [0.5, 0.6) is 0 Å². The Morgan fingerprint density at radius 3 is 2.48 bits per heavy atom. The van der Waals surface area contributed by atoms with Crippen LogP contribution >= 0.6 is 11.8 Å². The number of para-hydroxylation sites is 1. The first-order valence-corrected chi connectivity index (χ1v) is 7.12. The predicted molar refractivity (Wildman–Crippen MR) is 79.7 cm³/mol. The van der Waals surface area contributed by atoms with Crippen LogP contribution in [0, 0.1) is 0 Å². The number of aromatic nitrogens is 1. The van der Waals surface area contributed by atoms with Crippen LogP contribution in [0.1, 0.15) is 20.8 Å². The molecule has 0 atom stereocenters. The number of pyridine rings is 1. The highest BCUT2D eigenvalue weighted by Crippen LogP contribution is 2.30. The van der Waals surface area contributed by atoms with Gasteiger partial charge in [0.25, 0.3) is 0 Å². The summed E-state index contributed by atoms with van der Waals surface area (Å²) in [6, 6.07) is 8.48. The van der Waals surface area contributed by atoms with Crippen molar-refractivity contribution >= 4 is 35.1 Å². The van der Waals surface area contributed by atoms with Gasteiger partial charge in [-0.25, -0.2) is 14.6 Å². The topological polar surface area (TPSA) is 99.5 Å². The highest BCUT2D eigenvalue weighted by Gasteiger charge is 2.20. The average molecular weight is 304 g/mol. The Morgan fingerprint density at radius 2 is 1.86 bits per heavy atom. The fourth-order valence-corrected chi connectivity index (χ4v) is 2.36. The van der Waals surface area contributed by atoms with E-state index < -0.39 is 11.9 Å². The molecule has 0 aliphatic rings. The van der Waals surface area contributed by atoms with Crippen molar-refractivity contribution in [3.8, 4) is 0 Å². The summed E-state index contributed by atoms with van der Waals surface area (Å²) >= 11 is 1.47. The van der Waals surface area contributed by atoms with Gasteiger partial charge in [-0.3, -0.25) is 0 Å². The van der Waals surface area contributed by atoms with E-state index in [-0.39, 0.29) is 16.9 Å². The minimum atomic E-state index is -1.29. The van der Waals surface area contributed by atoms with E-state index in [2.05, 4.69) is 10.3 Å².